The predicted molar refractivity (Wildman–Crippen MR) is 126 cm³/mol. The SMILES string of the molecule is Cc1cccc(-n2[c-][n+](-c3cccc(C)c3)c(-c3ccccc3)c2-c2ccccc2)c1. The summed E-state index contributed by atoms with van der Waals surface area (Å²) in [5.41, 5.74) is 9.21. The van der Waals surface area contributed by atoms with Crippen molar-refractivity contribution in [2.45, 2.75) is 13.8 Å². The summed E-state index contributed by atoms with van der Waals surface area (Å²) in [6, 6.07) is 38.3. The van der Waals surface area contributed by atoms with Crippen LogP contribution in [0.25, 0.3) is 33.9 Å². The van der Waals surface area contributed by atoms with Gasteiger partial charge in [0.2, 0.25) is 0 Å². The smallest absolute Gasteiger partial charge is 0.269 e. The third-order valence-electron chi connectivity index (χ3n) is 5.49. The van der Waals surface area contributed by atoms with E-state index in [1.54, 1.807) is 0 Å². The Balaban J connectivity index is 1.90. The molecule has 0 aliphatic rings. The van der Waals surface area contributed by atoms with Gasteiger partial charge in [-0.15, -0.1) is 0 Å². The number of aryl methyl sites for hydroxylation is 2. The Hall–Kier alpha value is -3.91. The van der Waals surface area contributed by atoms with Gasteiger partial charge in [0.15, 0.2) is 0 Å². The van der Waals surface area contributed by atoms with Crippen LogP contribution in [0.15, 0.2) is 109 Å². The van der Waals surface area contributed by atoms with E-state index in [4.69, 9.17) is 0 Å². The first-order valence-corrected chi connectivity index (χ1v) is 10.6. The molecule has 5 aromatic rings. The fraction of sp³-hybridized carbons (Fsp3) is 0.0690. The van der Waals surface area contributed by atoms with Crippen LogP contribution in [0.5, 0.6) is 0 Å². The van der Waals surface area contributed by atoms with Crippen molar-refractivity contribution >= 4 is 0 Å². The van der Waals surface area contributed by atoms with Gasteiger partial charge in [0.05, 0.1) is 22.8 Å². The Bertz CT molecular complexity index is 1230. The highest BCUT2D eigenvalue weighted by Crippen LogP contribution is 2.33. The van der Waals surface area contributed by atoms with Crippen molar-refractivity contribution in [3.63, 3.8) is 0 Å². The highest BCUT2D eigenvalue weighted by atomic mass is 15.2. The molecule has 5 rings (SSSR count). The number of nitrogens with zero attached hydrogens (tertiary/aromatic N) is 2. The number of benzene rings is 4. The Labute approximate surface area is 183 Å². The molecule has 2 heteroatoms. The maximum Gasteiger partial charge on any atom is 0.269 e. The summed E-state index contributed by atoms with van der Waals surface area (Å²) in [5.74, 6) is 0. The van der Waals surface area contributed by atoms with Crippen LogP contribution in [-0.4, -0.2) is 4.57 Å². The molecule has 2 nitrogen and oxygen atoms in total. The lowest BCUT2D eigenvalue weighted by atomic mass is 10.0. The Morgan fingerprint density at radius 1 is 0.613 bits per heavy atom. The molecule has 0 N–H and O–H groups in total. The molecule has 0 spiro atoms. The summed E-state index contributed by atoms with van der Waals surface area (Å²) >= 11 is 0. The molecule has 0 aliphatic carbocycles. The molecule has 0 aliphatic heterocycles. The first kappa shape index (κ1) is 19.1. The minimum atomic E-state index is 1.10. The summed E-state index contributed by atoms with van der Waals surface area (Å²) in [4.78, 5) is 0. The van der Waals surface area contributed by atoms with Crippen molar-refractivity contribution in [1.29, 1.82) is 0 Å². The first-order chi connectivity index (χ1) is 15.2. The highest BCUT2D eigenvalue weighted by molar-refractivity contribution is 5.78. The van der Waals surface area contributed by atoms with Gasteiger partial charge in [-0.25, -0.2) is 0 Å². The van der Waals surface area contributed by atoms with Crippen LogP contribution in [0.3, 0.4) is 0 Å². The van der Waals surface area contributed by atoms with E-state index >= 15 is 0 Å². The lowest BCUT2D eigenvalue weighted by molar-refractivity contribution is -0.587. The fourth-order valence-electron chi connectivity index (χ4n) is 4.04. The number of aromatic nitrogens is 2. The molecule has 0 saturated heterocycles. The second kappa shape index (κ2) is 8.08. The molecule has 0 amide bonds. The van der Waals surface area contributed by atoms with E-state index in [0.29, 0.717) is 0 Å². The minimum absolute atomic E-state index is 1.10. The zero-order chi connectivity index (χ0) is 21.2. The van der Waals surface area contributed by atoms with E-state index in [2.05, 4.69) is 139 Å². The molecule has 150 valence electrons. The third-order valence-corrected chi connectivity index (χ3v) is 5.49. The van der Waals surface area contributed by atoms with E-state index in [0.717, 1.165) is 33.9 Å². The van der Waals surface area contributed by atoms with E-state index in [9.17, 15) is 0 Å². The summed E-state index contributed by atoms with van der Waals surface area (Å²) < 4.78 is 4.38. The molecule has 0 bridgehead atoms. The summed E-state index contributed by atoms with van der Waals surface area (Å²) in [6.45, 7) is 4.25. The second-order valence-electron chi connectivity index (χ2n) is 7.88. The minimum Gasteiger partial charge on any atom is -0.291 e. The van der Waals surface area contributed by atoms with Gasteiger partial charge < -0.3 is 0 Å². The normalized spacial score (nSPS) is 10.9. The van der Waals surface area contributed by atoms with Gasteiger partial charge in [0, 0.05) is 0 Å². The van der Waals surface area contributed by atoms with E-state index in [1.165, 1.54) is 11.1 Å². The van der Waals surface area contributed by atoms with Crippen LogP contribution in [0.4, 0.5) is 0 Å². The molecule has 1 heterocycles. The first-order valence-electron chi connectivity index (χ1n) is 10.6. The van der Waals surface area contributed by atoms with Crippen molar-refractivity contribution in [3.05, 3.63) is 127 Å². The van der Waals surface area contributed by atoms with Gasteiger partial charge in [-0.1, -0.05) is 96.1 Å². The summed E-state index contributed by atoms with van der Waals surface area (Å²) in [5, 5.41) is 0. The van der Waals surface area contributed by atoms with Crippen LogP contribution in [-0.2, 0) is 0 Å². The van der Waals surface area contributed by atoms with Crippen LogP contribution in [0, 0.1) is 20.2 Å². The van der Waals surface area contributed by atoms with Crippen molar-refractivity contribution in [3.8, 4) is 33.9 Å². The average Bonchev–Trinajstić information content (AvgIpc) is 3.21. The summed E-state index contributed by atoms with van der Waals surface area (Å²) in [7, 11) is 0. The Morgan fingerprint density at radius 3 is 1.87 bits per heavy atom. The predicted octanol–water partition coefficient (Wildman–Crippen LogP) is 6.51. The zero-order valence-corrected chi connectivity index (χ0v) is 17.8. The average molecular weight is 401 g/mol. The monoisotopic (exact) mass is 400 g/mol. The fourth-order valence-corrected chi connectivity index (χ4v) is 4.04. The van der Waals surface area contributed by atoms with Gasteiger partial charge in [-0.05, 0) is 49.2 Å². The quantitative estimate of drug-likeness (QED) is 0.240. The Kier molecular flexibility index (Phi) is 4.97. The lowest BCUT2D eigenvalue weighted by Crippen LogP contribution is -2.31. The number of imidazole rings is 1. The molecular weight excluding hydrogens is 376 g/mol. The van der Waals surface area contributed by atoms with E-state index < -0.39 is 0 Å². The van der Waals surface area contributed by atoms with E-state index in [1.807, 2.05) is 0 Å². The molecule has 0 radical (unpaired) electrons. The van der Waals surface area contributed by atoms with Gasteiger partial charge in [-0.2, -0.15) is 0 Å². The van der Waals surface area contributed by atoms with Crippen molar-refractivity contribution in [1.82, 2.24) is 4.57 Å². The van der Waals surface area contributed by atoms with Crippen molar-refractivity contribution in [2.24, 2.45) is 0 Å². The molecule has 0 fully saturated rings. The van der Waals surface area contributed by atoms with Crippen LogP contribution >= 0.6 is 0 Å². The number of hydrogen-bond acceptors (Lipinski definition) is 0. The molecule has 0 unspecified atom stereocenters. The second-order valence-corrected chi connectivity index (χ2v) is 7.88. The number of hydrogen-bond donors (Lipinski definition) is 0. The molecule has 1 aromatic heterocycles. The largest absolute Gasteiger partial charge is 0.291 e. The molecule has 0 saturated carbocycles. The molecule has 0 atom stereocenters. The van der Waals surface area contributed by atoms with Crippen molar-refractivity contribution < 1.29 is 4.57 Å². The third kappa shape index (κ3) is 3.69. The van der Waals surface area contributed by atoms with Gasteiger partial charge >= 0.3 is 0 Å². The van der Waals surface area contributed by atoms with Gasteiger partial charge in [0.25, 0.3) is 6.33 Å². The molecule has 4 aromatic carbocycles. The van der Waals surface area contributed by atoms with Crippen molar-refractivity contribution in [2.75, 3.05) is 0 Å². The lowest BCUT2D eigenvalue weighted by Gasteiger charge is -2.13. The van der Waals surface area contributed by atoms with Crippen LogP contribution in [0.1, 0.15) is 11.1 Å². The maximum atomic E-state index is 3.67. The molecule has 31 heavy (non-hydrogen) atoms. The Morgan fingerprint density at radius 2 is 1.23 bits per heavy atom. The maximum absolute atomic E-state index is 3.67. The van der Waals surface area contributed by atoms with E-state index in [-0.39, 0.29) is 0 Å². The summed E-state index contributed by atoms with van der Waals surface area (Å²) in [6.07, 6.45) is 3.67. The topological polar surface area (TPSA) is 8.81 Å². The molecular formula is C29H24N2. The van der Waals surface area contributed by atoms with Gasteiger partial charge in [0.1, 0.15) is 0 Å². The van der Waals surface area contributed by atoms with Gasteiger partial charge in [-0.3, -0.25) is 9.13 Å². The van der Waals surface area contributed by atoms with Crippen LogP contribution in [0.2, 0.25) is 0 Å². The zero-order valence-electron chi connectivity index (χ0n) is 17.8. The highest BCUT2D eigenvalue weighted by Gasteiger charge is 2.21. The number of rotatable bonds is 4. The van der Waals surface area contributed by atoms with Crippen LogP contribution < -0.4 is 4.57 Å². The standard InChI is InChI=1S/C29H24N2/c1-22-11-9-17-26(19-22)30-21-31(27-18-10-12-23(2)20-27)29(25-15-7-4-8-16-25)28(30)24-13-5-3-6-14-24/h3-20H,1-2H3.